The number of carbonyl (C=O) groups excluding carboxylic acids is 1. The quantitative estimate of drug-likeness (QED) is 0.475. The molecule has 0 unspecified atom stereocenters. The molecule has 0 aliphatic heterocycles. The third-order valence-corrected chi connectivity index (χ3v) is 5.18. The molecule has 8 heteroatoms. The lowest BCUT2D eigenvalue weighted by Crippen LogP contribution is -2.23. The predicted molar refractivity (Wildman–Crippen MR) is 119 cm³/mol. The molecule has 0 radical (unpaired) electrons. The summed E-state index contributed by atoms with van der Waals surface area (Å²) in [6.07, 6.45) is 2.40. The number of nitrogens with one attached hydrogen (secondary N) is 3. The first-order chi connectivity index (χ1) is 15.2. The lowest BCUT2D eigenvalue weighted by atomic mass is 10.2. The number of benzene rings is 2. The molecule has 1 aliphatic carbocycles. The van der Waals surface area contributed by atoms with E-state index in [0.29, 0.717) is 17.2 Å². The van der Waals surface area contributed by atoms with Crippen LogP contribution in [0.3, 0.4) is 0 Å². The molecular weight excluding hydrogens is 392 g/mol. The van der Waals surface area contributed by atoms with Crippen molar-refractivity contribution < 1.29 is 4.79 Å². The summed E-state index contributed by atoms with van der Waals surface area (Å²) in [5, 5.41) is 10.2. The number of para-hydroxylation sites is 1. The molecule has 3 N–H and O–H groups in total. The van der Waals surface area contributed by atoms with Crippen molar-refractivity contribution in [2.45, 2.75) is 19.3 Å². The van der Waals surface area contributed by atoms with Gasteiger partial charge in [0.2, 0.25) is 5.95 Å². The fourth-order valence-electron chi connectivity index (χ4n) is 3.71. The first kappa shape index (κ1) is 18.8. The number of H-pyrrole nitrogens is 1. The van der Waals surface area contributed by atoms with E-state index in [1.54, 1.807) is 18.2 Å². The van der Waals surface area contributed by atoms with E-state index in [1.165, 1.54) is 4.68 Å². The molecule has 2 aromatic heterocycles. The number of carbonyl (C=O) groups is 1. The molecule has 0 atom stereocenters. The van der Waals surface area contributed by atoms with Gasteiger partial charge in [-0.1, -0.05) is 48.5 Å². The highest BCUT2D eigenvalue weighted by molar-refractivity contribution is 5.99. The molecule has 2 amide bonds. The SMILES string of the molecule is O=C(Nc1ccccc1)Nc1cc(-c2ccccc2)nn1-c1nc2c(c(=O)[nH]1)CCC2. The molecule has 2 heterocycles. The Bertz CT molecular complexity index is 1290. The summed E-state index contributed by atoms with van der Waals surface area (Å²) in [6, 6.07) is 20.1. The summed E-state index contributed by atoms with van der Waals surface area (Å²) >= 11 is 0. The Balaban J connectivity index is 1.53. The van der Waals surface area contributed by atoms with Crippen molar-refractivity contribution in [2.75, 3.05) is 10.6 Å². The maximum Gasteiger partial charge on any atom is 0.324 e. The molecule has 0 bridgehead atoms. The minimum Gasteiger partial charge on any atom is -0.308 e. The van der Waals surface area contributed by atoms with Gasteiger partial charge in [0.1, 0.15) is 5.82 Å². The molecule has 154 valence electrons. The van der Waals surface area contributed by atoms with Gasteiger partial charge in [0.05, 0.1) is 11.4 Å². The van der Waals surface area contributed by atoms with Crippen LogP contribution in [-0.2, 0) is 12.8 Å². The molecule has 0 fully saturated rings. The van der Waals surface area contributed by atoms with E-state index in [-0.39, 0.29) is 11.5 Å². The Hall–Kier alpha value is -4.20. The Labute approximate surface area is 178 Å². The Kier molecular flexibility index (Phi) is 4.80. The summed E-state index contributed by atoms with van der Waals surface area (Å²) in [6.45, 7) is 0. The highest BCUT2D eigenvalue weighted by Gasteiger charge is 2.20. The summed E-state index contributed by atoms with van der Waals surface area (Å²) in [5.41, 5.74) is 3.56. The second kappa shape index (κ2) is 7.91. The van der Waals surface area contributed by atoms with Gasteiger partial charge in [0, 0.05) is 22.9 Å². The van der Waals surface area contributed by atoms with Crippen LogP contribution in [0.1, 0.15) is 17.7 Å². The van der Waals surface area contributed by atoms with Gasteiger partial charge in [-0.2, -0.15) is 9.78 Å². The average molecular weight is 412 g/mol. The second-order valence-corrected chi connectivity index (χ2v) is 7.31. The van der Waals surface area contributed by atoms with Crippen LogP contribution < -0.4 is 16.2 Å². The number of fused-ring (bicyclic) bond motifs is 1. The number of aryl methyl sites for hydroxylation is 1. The molecule has 0 spiro atoms. The minimum absolute atomic E-state index is 0.158. The number of anilines is 2. The van der Waals surface area contributed by atoms with Crippen molar-refractivity contribution in [3.63, 3.8) is 0 Å². The Morgan fingerprint density at radius 1 is 0.968 bits per heavy atom. The zero-order valence-corrected chi connectivity index (χ0v) is 16.6. The first-order valence-corrected chi connectivity index (χ1v) is 10.1. The zero-order chi connectivity index (χ0) is 21.2. The monoisotopic (exact) mass is 412 g/mol. The van der Waals surface area contributed by atoms with Gasteiger partial charge in [-0.05, 0) is 31.4 Å². The minimum atomic E-state index is -0.421. The standard InChI is InChI=1S/C23H20N6O2/c30-21-17-12-7-13-18(17)25-22(27-21)29-20(14-19(28-29)15-8-3-1-4-9-15)26-23(31)24-16-10-5-2-6-11-16/h1-6,8-11,14H,7,12-13H2,(H2,24,26,31)(H,25,27,30). The maximum atomic E-state index is 12.6. The van der Waals surface area contributed by atoms with E-state index in [9.17, 15) is 9.59 Å². The number of rotatable bonds is 4. The van der Waals surface area contributed by atoms with Crippen LogP contribution in [0.15, 0.2) is 71.5 Å². The van der Waals surface area contributed by atoms with Crippen LogP contribution in [0.5, 0.6) is 0 Å². The van der Waals surface area contributed by atoms with Gasteiger partial charge in [-0.3, -0.25) is 15.1 Å². The first-order valence-electron chi connectivity index (χ1n) is 10.1. The Morgan fingerprint density at radius 2 is 1.71 bits per heavy atom. The molecule has 8 nitrogen and oxygen atoms in total. The lowest BCUT2D eigenvalue weighted by Gasteiger charge is -2.10. The van der Waals surface area contributed by atoms with E-state index >= 15 is 0 Å². The molecule has 2 aromatic carbocycles. The van der Waals surface area contributed by atoms with Crippen molar-refractivity contribution >= 4 is 17.5 Å². The number of nitrogens with zero attached hydrogens (tertiary/aromatic N) is 3. The number of aromatic amines is 1. The van der Waals surface area contributed by atoms with E-state index in [0.717, 1.165) is 36.1 Å². The van der Waals surface area contributed by atoms with Crippen molar-refractivity contribution in [3.8, 4) is 17.2 Å². The number of hydrogen-bond acceptors (Lipinski definition) is 4. The Morgan fingerprint density at radius 3 is 2.48 bits per heavy atom. The molecule has 0 saturated heterocycles. The van der Waals surface area contributed by atoms with Gasteiger partial charge in [-0.25, -0.2) is 9.78 Å². The van der Waals surface area contributed by atoms with Gasteiger partial charge in [-0.15, -0.1) is 0 Å². The van der Waals surface area contributed by atoms with Crippen LogP contribution in [0.25, 0.3) is 17.2 Å². The van der Waals surface area contributed by atoms with Crippen molar-refractivity contribution in [1.82, 2.24) is 19.7 Å². The predicted octanol–water partition coefficient (Wildman–Crippen LogP) is 3.76. The maximum absolute atomic E-state index is 12.6. The second-order valence-electron chi connectivity index (χ2n) is 7.31. The molecular formula is C23H20N6O2. The number of aromatic nitrogens is 4. The normalized spacial score (nSPS) is 12.4. The summed E-state index contributed by atoms with van der Waals surface area (Å²) < 4.78 is 1.47. The summed E-state index contributed by atoms with van der Waals surface area (Å²) in [5.74, 6) is 0.677. The van der Waals surface area contributed by atoms with Crippen LogP contribution in [0.4, 0.5) is 16.3 Å². The number of amides is 2. The largest absolute Gasteiger partial charge is 0.324 e. The van der Waals surface area contributed by atoms with Gasteiger partial charge < -0.3 is 5.32 Å². The average Bonchev–Trinajstić information content (AvgIpc) is 3.42. The summed E-state index contributed by atoms with van der Waals surface area (Å²) in [7, 11) is 0. The number of hydrogen-bond donors (Lipinski definition) is 3. The topological polar surface area (TPSA) is 105 Å². The smallest absolute Gasteiger partial charge is 0.308 e. The highest BCUT2D eigenvalue weighted by atomic mass is 16.2. The van der Waals surface area contributed by atoms with Crippen molar-refractivity contribution in [2.24, 2.45) is 0 Å². The number of urea groups is 1. The zero-order valence-electron chi connectivity index (χ0n) is 16.6. The lowest BCUT2D eigenvalue weighted by molar-refractivity contribution is 0.262. The van der Waals surface area contributed by atoms with Crippen molar-refractivity contribution in [3.05, 3.63) is 88.3 Å². The summed E-state index contributed by atoms with van der Waals surface area (Å²) in [4.78, 5) is 32.6. The van der Waals surface area contributed by atoms with Crippen LogP contribution in [0.2, 0.25) is 0 Å². The van der Waals surface area contributed by atoms with Crippen molar-refractivity contribution in [1.29, 1.82) is 0 Å². The highest BCUT2D eigenvalue weighted by Crippen LogP contribution is 2.25. The third-order valence-electron chi connectivity index (χ3n) is 5.18. The van der Waals surface area contributed by atoms with E-state index < -0.39 is 6.03 Å². The molecule has 0 saturated carbocycles. The molecule has 4 aromatic rings. The van der Waals surface area contributed by atoms with E-state index in [4.69, 9.17) is 0 Å². The van der Waals surface area contributed by atoms with Crippen LogP contribution in [0, 0.1) is 0 Å². The van der Waals surface area contributed by atoms with Crippen LogP contribution >= 0.6 is 0 Å². The third kappa shape index (κ3) is 3.83. The van der Waals surface area contributed by atoms with Crippen LogP contribution in [-0.4, -0.2) is 25.8 Å². The molecule has 31 heavy (non-hydrogen) atoms. The fraction of sp³-hybridized carbons (Fsp3) is 0.130. The fourth-order valence-corrected chi connectivity index (χ4v) is 3.71. The van der Waals surface area contributed by atoms with E-state index in [2.05, 4.69) is 25.7 Å². The van der Waals surface area contributed by atoms with Gasteiger partial charge in [0.25, 0.3) is 5.56 Å². The molecule has 5 rings (SSSR count). The van der Waals surface area contributed by atoms with Gasteiger partial charge >= 0.3 is 6.03 Å². The molecule has 1 aliphatic rings. The van der Waals surface area contributed by atoms with Gasteiger partial charge in [0.15, 0.2) is 0 Å². The van der Waals surface area contributed by atoms with E-state index in [1.807, 2.05) is 48.5 Å².